The number of fused-ring (bicyclic) bond motifs is 1. The number of Topliss-reactive ketones (excluding diaryl/α,β-unsaturated/α-hetero) is 1. The quantitative estimate of drug-likeness (QED) is 0.724. The number of carbonyl (C=O) groups excluding carboxylic acids is 1. The zero-order valence-electron chi connectivity index (χ0n) is 9.96. The Morgan fingerprint density at radius 3 is 2.81 bits per heavy atom. The van der Waals surface area contributed by atoms with Crippen LogP contribution in [0.5, 0.6) is 0 Å². The Hall–Kier alpha value is -1.19. The predicted molar refractivity (Wildman–Crippen MR) is 59.4 cm³/mol. The molecule has 0 saturated carbocycles. The van der Waals surface area contributed by atoms with Gasteiger partial charge in [-0.25, -0.2) is 4.39 Å². The molecule has 88 valence electrons. The van der Waals surface area contributed by atoms with Crippen molar-refractivity contribution in [3.05, 3.63) is 17.0 Å². The molecule has 1 unspecified atom stereocenters. The van der Waals surface area contributed by atoms with Gasteiger partial charge in [-0.05, 0) is 33.1 Å². The molecule has 1 heterocycles. The maximum absolute atomic E-state index is 13.9. The topological polar surface area (TPSA) is 34.9 Å². The van der Waals surface area contributed by atoms with Gasteiger partial charge in [-0.3, -0.25) is 9.48 Å². The molecule has 0 bridgehead atoms. The summed E-state index contributed by atoms with van der Waals surface area (Å²) in [7, 11) is 0. The smallest absolute Gasteiger partial charge is 0.180 e. The van der Waals surface area contributed by atoms with Gasteiger partial charge in [0.25, 0.3) is 0 Å². The van der Waals surface area contributed by atoms with Gasteiger partial charge in [-0.1, -0.05) is 0 Å². The summed E-state index contributed by atoms with van der Waals surface area (Å²) in [5.74, 6) is -0.139. The number of hydrogen-bond donors (Lipinski definition) is 0. The molecule has 2 rings (SSSR count). The Balaban J connectivity index is 2.60. The molecule has 1 aliphatic rings. The summed E-state index contributed by atoms with van der Waals surface area (Å²) >= 11 is 0. The number of carbonyl (C=O) groups is 1. The first kappa shape index (κ1) is 11.3. The fourth-order valence-electron chi connectivity index (χ4n) is 2.34. The molecule has 3 nitrogen and oxygen atoms in total. The first-order valence-electron chi connectivity index (χ1n) is 5.78. The monoisotopic (exact) mass is 224 g/mol. The SMILES string of the molecule is CC(=O)c1nn(C(C)C)c2c1C(F)CCC2. The van der Waals surface area contributed by atoms with Gasteiger partial charge in [0, 0.05) is 24.2 Å². The minimum absolute atomic E-state index is 0.139. The van der Waals surface area contributed by atoms with Crippen molar-refractivity contribution >= 4 is 5.78 Å². The molecule has 0 saturated heterocycles. The van der Waals surface area contributed by atoms with Crippen LogP contribution < -0.4 is 0 Å². The lowest BCUT2D eigenvalue weighted by atomic mass is 9.93. The van der Waals surface area contributed by atoms with Gasteiger partial charge < -0.3 is 0 Å². The lowest BCUT2D eigenvalue weighted by Gasteiger charge is -2.19. The maximum Gasteiger partial charge on any atom is 0.180 e. The van der Waals surface area contributed by atoms with Gasteiger partial charge in [-0.15, -0.1) is 0 Å². The largest absolute Gasteiger partial charge is 0.293 e. The van der Waals surface area contributed by atoms with Crippen LogP contribution in [0.15, 0.2) is 0 Å². The van der Waals surface area contributed by atoms with Crippen molar-refractivity contribution in [2.24, 2.45) is 0 Å². The van der Waals surface area contributed by atoms with Crippen LogP contribution in [0.2, 0.25) is 0 Å². The van der Waals surface area contributed by atoms with E-state index in [4.69, 9.17) is 0 Å². The van der Waals surface area contributed by atoms with Gasteiger partial charge in [0.05, 0.1) is 0 Å². The van der Waals surface area contributed by atoms with Crippen molar-refractivity contribution in [1.29, 1.82) is 0 Å². The standard InChI is InChI=1S/C12H17FN2O/c1-7(2)15-10-6-4-5-9(13)11(10)12(14-15)8(3)16/h7,9H,4-6H2,1-3H3. The second-order valence-electron chi connectivity index (χ2n) is 4.66. The van der Waals surface area contributed by atoms with Gasteiger partial charge in [0.2, 0.25) is 0 Å². The summed E-state index contributed by atoms with van der Waals surface area (Å²) in [6.45, 7) is 5.45. The molecule has 0 radical (unpaired) electrons. The molecule has 1 aliphatic carbocycles. The number of nitrogens with zero attached hydrogens (tertiary/aromatic N) is 2. The third-order valence-corrected chi connectivity index (χ3v) is 3.06. The van der Waals surface area contributed by atoms with E-state index >= 15 is 0 Å². The molecule has 0 aliphatic heterocycles. The van der Waals surface area contributed by atoms with Crippen LogP contribution >= 0.6 is 0 Å². The molecule has 0 amide bonds. The lowest BCUT2D eigenvalue weighted by Crippen LogP contribution is -2.12. The minimum atomic E-state index is -1.02. The molecule has 4 heteroatoms. The highest BCUT2D eigenvalue weighted by molar-refractivity contribution is 5.94. The summed E-state index contributed by atoms with van der Waals surface area (Å²) < 4.78 is 15.7. The molecular formula is C12H17FN2O. The van der Waals surface area contributed by atoms with Crippen LogP contribution in [-0.2, 0) is 6.42 Å². The first-order chi connectivity index (χ1) is 7.52. The van der Waals surface area contributed by atoms with Gasteiger partial charge in [0.1, 0.15) is 11.9 Å². The highest BCUT2D eigenvalue weighted by atomic mass is 19.1. The van der Waals surface area contributed by atoms with E-state index in [-0.39, 0.29) is 11.8 Å². The fraction of sp³-hybridized carbons (Fsp3) is 0.667. The van der Waals surface area contributed by atoms with Gasteiger partial charge in [-0.2, -0.15) is 5.10 Å². The number of halogens is 1. The highest BCUT2D eigenvalue weighted by Gasteiger charge is 2.30. The van der Waals surface area contributed by atoms with E-state index in [0.29, 0.717) is 17.7 Å². The van der Waals surface area contributed by atoms with E-state index in [1.54, 1.807) is 4.68 Å². The molecule has 1 aromatic heterocycles. The predicted octanol–water partition coefficient (Wildman–Crippen LogP) is 3.01. The van der Waals surface area contributed by atoms with Crippen LogP contribution in [0.4, 0.5) is 4.39 Å². The van der Waals surface area contributed by atoms with Crippen molar-refractivity contribution in [3.63, 3.8) is 0 Å². The maximum atomic E-state index is 13.9. The van der Waals surface area contributed by atoms with Crippen LogP contribution in [0.25, 0.3) is 0 Å². The third-order valence-electron chi connectivity index (χ3n) is 3.06. The fourth-order valence-corrected chi connectivity index (χ4v) is 2.34. The zero-order valence-corrected chi connectivity index (χ0v) is 9.96. The van der Waals surface area contributed by atoms with Crippen molar-refractivity contribution in [3.8, 4) is 0 Å². The first-order valence-corrected chi connectivity index (χ1v) is 5.78. The van der Waals surface area contributed by atoms with Crippen molar-refractivity contribution in [1.82, 2.24) is 9.78 Å². The average molecular weight is 224 g/mol. The summed E-state index contributed by atoms with van der Waals surface area (Å²) in [5, 5.41) is 4.27. The number of hydrogen-bond acceptors (Lipinski definition) is 2. The van der Waals surface area contributed by atoms with Crippen LogP contribution in [0.3, 0.4) is 0 Å². The number of rotatable bonds is 2. The molecular weight excluding hydrogens is 207 g/mol. The Labute approximate surface area is 94.6 Å². The second kappa shape index (κ2) is 4.00. The van der Waals surface area contributed by atoms with E-state index in [1.807, 2.05) is 13.8 Å². The van der Waals surface area contributed by atoms with E-state index < -0.39 is 6.17 Å². The van der Waals surface area contributed by atoms with Gasteiger partial charge >= 0.3 is 0 Å². The summed E-state index contributed by atoms with van der Waals surface area (Å²) in [5.41, 5.74) is 1.79. The number of ketones is 1. The average Bonchev–Trinajstić information content (AvgIpc) is 2.58. The van der Waals surface area contributed by atoms with Crippen LogP contribution in [-0.4, -0.2) is 15.6 Å². The van der Waals surface area contributed by atoms with E-state index in [1.165, 1.54) is 6.92 Å². The number of aromatic nitrogens is 2. The Morgan fingerprint density at radius 2 is 2.25 bits per heavy atom. The van der Waals surface area contributed by atoms with E-state index in [0.717, 1.165) is 18.5 Å². The number of alkyl halides is 1. The second-order valence-corrected chi connectivity index (χ2v) is 4.66. The van der Waals surface area contributed by atoms with E-state index in [2.05, 4.69) is 5.10 Å². The minimum Gasteiger partial charge on any atom is -0.293 e. The van der Waals surface area contributed by atoms with Crippen molar-refractivity contribution < 1.29 is 9.18 Å². The zero-order chi connectivity index (χ0) is 11.9. The Bertz CT molecular complexity index is 423. The molecule has 0 aromatic carbocycles. The van der Waals surface area contributed by atoms with Gasteiger partial charge in [0.15, 0.2) is 5.78 Å². The molecule has 16 heavy (non-hydrogen) atoms. The highest BCUT2D eigenvalue weighted by Crippen LogP contribution is 2.36. The Kier molecular flexibility index (Phi) is 2.82. The van der Waals surface area contributed by atoms with Crippen LogP contribution in [0, 0.1) is 0 Å². The summed E-state index contributed by atoms with van der Waals surface area (Å²) in [4.78, 5) is 11.5. The van der Waals surface area contributed by atoms with E-state index in [9.17, 15) is 9.18 Å². The summed E-state index contributed by atoms with van der Waals surface area (Å²) in [6.07, 6.45) is 1.16. The molecule has 1 aromatic rings. The Morgan fingerprint density at radius 1 is 1.56 bits per heavy atom. The van der Waals surface area contributed by atoms with Crippen molar-refractivity contribution in [2.75, 3.05) is 0 Å². The molecule has 1 atom stereocenters. The normalized spacial score (nSPS) is 19.9. The molecule has 0 N–H and O–H groups in total. The third kappa shape index (κ3) is 1.66. The lowest BCUT2D eigenvalue weighted by molar-refractivity contribution is 0.100. The van der Waals surface area contributed by atoms with Crippen LogP contribution in [0.1, 0.15) is 67.6 Å². The molecule has 0 spiro atoms. The summed E-state index contributed by atoms with van der Waals surface area (Å²) in [6, 6.07) is 0.173. The van der Waals surface area contributed by atoms with Crippen molar-refractivity contribution in [2.45, 2.75) is 52.2 Å². The molecule has 0 fully saturated rings.